The number of nitrogens with zero attached hydrogens (tertiary/aromatic N) is 2. The predicted molar refractivity (Wildman–Crippen MR) is 43.7 cm³/mol. The van der Waals surface area contributed by atoms with Crippen LogP contribution in [0.1, 0.15) is 0 Å². The van der Waals surface area contributed by atoms with Crippen LogP contribution in [0.5, 0.6) is 0 Å². The fourth-order valence-corrected chi connectivity index (χ4v) is 1.05. The monoisotopic (exact) mass is 163 g/mol. The van der Waals surface area contributed by atoms with Gasteiger partial charge >= 0.3 is 0 Å². The van der Waals surface area contributed by atoms with E-state index < -0.39 is 0 Å². The summed E-state index contributed by atoms with van der Waals surface area (Å²) in [5, 5.41) is 7.47. The second kappa shape index (κ2) is 2.83. The van der Waals surface area contributed by atoms with Crippen molar-refractivity contribution in [2.45, 2.75) is 0 Å². The molecule has 1 aliphatic heterocycles. The number of para-hydroxylation sites is 1. The minimum atomic E-state index is 0.922. The molecule has 0 fully saturated rings. The molecule has 4 nitrogen and oxygen atoms in total. The molecule has 1 heterocycles. The number of hydrogen-bond donors (Lipinski definition) is 1. The summed E-state index contributed by atoms with van der Waals surface area (Å²) < 4.78 is 0. The van der Waals surface area contributed by atoms with Crippen LogP contribution in [0.3, 0.4) is 0 Å². The van der Waals surface area contributed by atoms with Crippen molar-refractivity contribution in [1.29, 1.82) is 0 Å². The summed E-state index contributed by atoms with van der Waals surface area (Å²) >= 11 is 0. The molecule has 0 unspecified atom stereocenters. The maximum atomic E-state index is 4.92. The van der Waals surface area contributed by atoms with Crippen molar-refractivity contribution in [1.82, 2.24) is 10.7 Å². The molecule has 0 aromatic heterocycles. The van der Waals surface area contributed by atoms with Crippen LogP contribution in [0.4, 0.5) is 0 Å². The molecule has 0 amide bonds. The van der Waals surface area contributed by atoms with E-state index in [9.17, 15) is 0 Å². The fraction of sp³-hybridized carbons (Fsp3) is 0.125. The SMILES string of the molecule is CON1C=c2ccccc2=NN1. The Morgan fingerprint density at radius 2 is 2.25 bits per heavy atom. The lowest BCUT2D eigenvalue weighted by Gasteiger charge is -2.17. The van der Waals surface area contributed by atoms with Gasteiger partial charge in [0.15, 0.2) is 0 Å². The normalized spacial score (nSPS) is 13.9. The first-order chi connectivity index (χ1) is 5.90. The molecule has 0 radical (unpaired) electrons. The molecular weight excluding hydrogens is 154 g/mol. The Labute approximate surface area is 69.7 Å². The quantitative estimate of drug-likeness (QED) is 0.597. The molecule has 0 aliphatic carbocycles. The zero-order chi connectivity index (χ0) is 8.39. The molecule has 1 N–H and O–H groups in total. The van der Waals surface area contributed by atoms with Crippen LogP contribution in [0.25, 0.3) is 6.20 Å². The van der Waals surface area contributed by atoms with E-state index in [0.717, 1.165) is 10.6 Å². The third kappa shape index (κ3) is 1.12. The minimum absolute atomic E-state index is 0.922. The second-order valence-electron chi connectivity index (χ2n) is 2.41. The van der Waals surface area contributed by atoms with Gasteiger partial charge in [0.1, 0.15) is 0 Å². The van der Waals surface area contributed by atoms with E-state index in [0.29, 0.717) is 0 Å². The highest BCUT2D eigenvalue weighted by molar-refractivity contribution is 5.21. The van der Waals surface area contributed by atoms with Gasteiger partial charge in [-0.1, -0.05) is 18.2 Å². The van der Waals surface area contributed by atoms with Crippen LogP contribution in [0.15, 0.2) is 29.4 Å². The number of nitrogens with one attached hydrogen (secondary N) is 1. The van der Waals surface area contributed by atoms with Gasteiger partial charge in [0.2, 0.25) is 0 Å². The Bertz CT molecular complexity index is 388. The van der Waals surface area contributed by atoms with E-state index in [1.165, 1.54) is 5.17 Å². The first-order valence-electron chi connectivity index (χ1n) is 3.64. The number of rotatable bonds is 1. The van der Waals surface area contributed by atoms with E-state index in [1.807, 2.05) is 30.5 Å². The molecule has 1 aliphatic rings. The van der Waals surface area contributed by atoms with Crippen molar-refractivity contribution < 1.29 is 4.84 Å². The molecule has 0 spiro atoms. The highest BCUT2D eigenvalue weighted by Crippen LogP contribution is 1.85. The second-order valence-corrected chi connectivity index (χ2v) is 2.41. The van der Waals surface area contributed by atoms with E-state index >= 15 is 0 Å². The molecule has 0 bridgehead atoms. The van der Waals surface area contributed by atoms with Crippen molar-refractivity contribution in [2.75, 3.05) is 7.11 Å². The molecular formula is C8H9N3O. The van der Waals surface area contributed by atoms with E-state index in [1.54, 1.807) is 7.11 Å². The standard InChI is InChI=1S/C8H9N3O/c1-12-11-6-7-4-2-3-5-8(7)9-10-11/h2-6,10H,1H3. The van der Waals surface area contributed by atoms with Crippen molar-refractivity contribution in [3.8, 4) is 0 Å². The molecule has 12 heavy (non-hydrogen) atoms. The summed E-state index contributed by atoms with van der Waals surface area (Å²) in [6.45, 7) is 0. The van der Waals surface area contributed by atoms with Crippen molar-refractivity contribution >= 4 is 6.20 Å². The number of hydroxylamine groups is 1. The number of hydrazine groups is 1. The van der Waals surface area contributed by atoms with Crippen molar-refractivity contribution in [3.05, 3.63) is 34.8 Å². The largest absolute Gasteiger partial charge is 0.256 e. The molecule has 1 aromatic rings. The van der Waals surface area contributed by atoms with Crippen LogP contribution < -0.4 is 16.1 Å². The van der Waals surface area contributed by atoms with Gasteiger partial charge in [0.05, 0.1) is 18.7 Å². The first-order valence-corrected chi connectivity index (χ1v) is 3.64. The van der Waals surface area contributed by atoms with Gasteiger partial charge in [0, 0.05) is 5.22 Å². The lowest BCUT2D eigenvalue weighted by atomic mass is 10.3. The van der Waals surface area contributed by atoms with E-state index in [2.05, 4.69) is 10.6 Å². The van der Waals surface area contributed by atoms with Gasteiger partial charge in [-0.05, 0) is 6.07 Å². The molecule has 62 valence electrons. The van der Waals surface area contributed by atoms with Crippen molar-refractivity contribution in [3.63, 3.8) is 0 Å². The Morgan fingerprint density at radius 1 is 1.42 bits per heavy atom. The maximum Gasteiger partial charge on any atom is 0.0938 e. The van der Waals surface area contributed by atoms with Gasteiger partial charge in [-0.2, -0.15) is 15.8 Å². The van der Waals surface area contributed by atoms with Gasteiger partial charge in [0.25, 0.3) is 0 Å². The number of benzene rings is 1. The lowest BCUT2D eigenvalue weighted by molar-refractivity contribution is -0.113. The first kappa shape index (κ1) is 7.12. The summed E-state index contributed by atoms with van der Waals surface area (Å²) in [5.41, 5.74) is 2.71. The van der Waals surface area contributed by atoms with Gasteiger partial charge in [-0.15, -0.1) is 0 Å². The zero-order valence-corrected chi connectivity index (χ0v) is 6.69. The lowest BCUT2D eigenvalue weighted by Crippen LogP contribution is -2.41. The summed E-state index contributed by atoms with van der Waals surface area (Å²) in [7, 11) is 1.58. The van der Waals surface area contributed by atoms with Crippen LogP contribution in [-0.2, 0) is 4.84 Å². The van der Waals surface area contributed by atoms with Crippen LogP contribution in [0.2, 0.25) is 0 Å². The summed E-state index contributed by atoms with van der Waals surface area (Å²) in [6, 6.07) is 7.82. The van der Waals surface area contributed by atoms with Crippen molar-refractivity contribution in [2.24, 2.45) is 5.10 Å². The Kier molecular flexibility index (Phi) is 1.68. The third-order valence-corrected chi connectivity index (χ3v) is 1.66. The van der Waals surface area contributed by atoms with Crippen LogP contribution in [0, 0.1) is 0 Å². The predicted octanol–water partition coefficient (Wildman–Crippen LogP) is -0.659. The molecule has 2 rings (SSSR count). The average Bonchev–Trinajstić information content (AvgIpc) is 2.17. The Hall–Kier alpha value is -1.55. The number of hydrogen-bond acceptors (Lipinski definition) is 4. The fourth-order valence-electron chi connectivity index (χ4n) is 1.05. The summed E-state index contributed by atoms with van der Waals surface area (Å²) in [6.07, 6.45) is 1.84. The van der Waals surface area contributed by atoms with Gasteiger partial charge in [-0.25, -0.2) is 0 Å². The minimum Gasteiger partial charge on any atom is -0.256 e. The molecule has 1 aromatic carbocycles. The highest BCUT2D eigenvalue weighted by Gasteiger charge is 1.98. The maximum absolute atomic E-state index is 4.92. The molecule has 4 heteroatoms. The topological polar surface area (TPSA) is 36.9 Å². The zero-order valence-electron chi connectivity index (χ0n) is 6.69. The smallest absolute Gasteiger partial charge is 0.0938 e. The van der Waals surface area contributed by atoms with E-state index in [-0.39, 0.29) is 0 Å². The Balaban J connectivity index is 2.56. The Morgan fingerprint density at radius 3 is 3.08 bits per heavy atom. The van der Waals surface area contributed by atoms with E-state index in [4.69, 9.17) is 4.84 Å². The van der Waals surface area contributed by atoms with Gasteiger partial charge < -0.3 is 0 Å². The number of fused-ring (bicyclic) bond motifs is 1. The molecule has 0 saturated carbocycles. The molecule has 0 saturated heterocycles. The summed E-state index contributed by atoms with van der Waals surface area (Å²) in [4.78, 5) is 4.92. The highest BCUT2D eigenvalue weighted by atomic mass is 16.7. The third-order valence-electron chi connectivity index (χ3n) is 1.66. The van der Waals surface area contributed by atoms with Crippen LogP contribution >= 0.6 is 0 Å². The summed E-state index contributed by atoms with van der Waals surface area (Å²) in [5.74, 6) is 0. The molecule has 0 atom stereocenters. The van der Waals surface area contributed by atoms with Crippen LogP contribution in [-0.4, -0.2) is 12.3 Å². The van der Waals surface area contributed by atoms with Gasteiger partial charge in [-0.3, -0.25) is 4.84 Å². The average molecular weight is 163 g/mol.